The summed E-state index contributed by atoms with van der Waals surface area (Å²) >= 11 is 3.44. The second-order valence-corrected chi connectivity index (χ2v) is 5.27. The topological polar surface area (TPSA) is 49.3 Å². The molecule has 0 saturated heterocycles. The minimum atomic E-state index is -0.0848. The van der Waals surface area contributed by atoms with E-state index in [1.165, 1.54) is 0 Å². The van der Waals surface area contributed by atoms with Gasteiger partial charge in [-0.15, -0.1) is 0 Å². The summed E-state index contributed by atoms with van der Waals surface area (Å²) in [6.45, 7) is 6.33. The molecule has 3 nitrogen and oxygen atoms in total. The third-order valence-electron chi connectivity index (χ3n) is 2.67. The molecule has 4 heteroatoms. The van der Waals surface area contributed by atoms with Gasteiger partial charge in [0.1, 0.15) is 0 Å². The van der Waals surface area contributed by atoms with Gasteiger partial charge in [0.15, 0.2) is 0 Å². The smallest absolute Gasteiger partial charge is 0.251 e. The number of halogens is 1. The molecule has 0 unspecified atom stereocenters. The maximum atomic E-state index is 11.9. The van der Waals surface area contributed by atoms with Crippen molar-refractivity contribution < 1.29 is 9.90 Å². The minimum absolute atomic E-state index is 0.0794. The number of hydrogen-bond donors (Lipinski definition) is 2. The van der Waals surface area contributed by atoms with Crippen LogP contribution in [0.1, 0.15) is 28.4 Å². The number of hydrogen-bond acceptors (Lipinski definition) is 2. The van der Waals surface area contributed by atoms with E-state index >= 15 is 0 Å². The molecule has 0 radical (unpaired) electrons. The van der Waals surface area contributed by atoms with Crippen LogP contribution in [0.25, 0.3) is 0 Å². The summed E-state index contributed by atoms with van der Waals surface area (Å²) in [5.74, 6) is -0.00537. The van der Waals surface area contributed by atoms with Gasteiger partial charge in [-0.3, -0.25) is 4.79 Å². The molecule has 0 bridgehead atoms. The van der Waals surface area contributed by atoms with Gasteiger partial charge >= 0.3 is 0 Å². The molecule has 0 spiro atoms. The van der Waals surface area contributed by atoms with Crippen LogP contribution in [-0.2, 0) is 0 Å². The second kappa shape index (κ2) is 6.17. The summed E-state index contributed by atoms with van der Waals surface area (Å²) in [6, 6.07) is 3.82. The SMILES string of the molecule is Cc1cc(C(=O)NC[C@H](C)CO)c(C)cc1Br. The molecule has 0 aliphatic rings. The lowest BCUT2D eigenvalue weighted by Crippen LogP contribution is -2.30. The largest absolute Gasteiger partial charge is 0.396 e. The minimum Gasteiger partial charge on any atom is -0.396 e. The Balaban J connectivity index is 2.79. The van der Waals surface area contributed by atoms with Crippen LogP contribution in [0.5, 0.6) is 0 Å². The molecule has 2 N–H and O–H groups in total. The quantitative estimate of drug-likeness (QED) is 0.897. The fourth-order valence-corrected chi connectivity index (χ4v) is 1.91. The van der Waals surface area contributed by atoms with Gasteiger partial charge in [-0.1, -0.05) is 22.9 Å². The first-order valence-electron chi connectivity index (χ1n) is 5.61. The number of carbonyl (C=O) groups is 1. The Labute approximate surface area is 110 Å². The van der Waals surface area contributed by atoms with Gasteiger partial charge in [0.05, 0.1) is 0 Å². The van der Waals surface area contributed by atoms with E-state index in [-0.39, 0.29) is 18.4 Å². The van der Waals surface area contributed by atoms with Crippen LogP contribution < -0.4 is 5.32 Å². The molecular weight excluding hydrogens is 282 g/mol. The van der Waals surface area contributed by atoms with Crippen LogP contribution in [0.2, 0.25) is 0 Å². The Morgan fingerprint density at radius 3 is 2.65 bits per heavy atom. The Bertz CT molecular complexity index is 418. The zero-order valence-corrected chi connectivity index (χ0v) is 12.0. The molecule has 0 aliphatic heterocycles. The zero-order valence-electron chi connectivity index (χ0n) is 10.4. The average Bonchev–Trinajstić information content (AvgIpc) is 2.30. The highest BCUT2D eigenvalue weighted by Crippen LogP contribution is 2.20. The van der Waals surface area contributed by atoms with E-state index in [4.69, 9.17) is 5.11 Å². The third-order valence-corrected chi connectivity index (χ3v) is 3.53. The van der Waals surface area contributed by atoms with Crippen molar-refractivity contribution in [2.24, 2.45) is 5.92 Å². The number of aryl methyl sites for hydroxylation is 2. The monoisotopic (exact) mass is 299 g/mol. The predicted octanol–water partition coefficient (Wildman–Crippen LogP) is 2.42. The number of carbonyl (C=O) groups excluding carboxylic acids is 1. The van der Waals surface area contributed by atoms with Crippen LogP contribution in [0.3, 0.4) is 0 Å². The molecule has 0 fully saturated rings. The average molecular weight is 300 g/mol. The maximum absolute atomic E-state index is 11.9. The van der Waals surface area contributed by atoms with E-state index in [1.54, 1.807) is 0 Å². The van der Waals surface area contributed by atoms with Crippen LogP contribution in [0, 0.1) is 19.8 Å². The zero-order chi connectivity index (χ0) is 13.0. The fourth-order valence-electron chi connectivity index (χ4n) is 1.45. The summed E-state index contributed by atoms with van der Waals surface area (Å²) in [7, 11) is 0. The number of aliphatic hydroxyl groups excluding tert-OH is 1. The molecule has 1 rings (SSSR count). The summed E-state index contributed by atoms with van der Waals surface area (Å²) in [5, 5.41) is 11.7. The molecule has 17 heavy (non-hydrogen) atoms. The molecular formula is C13H18BrNO2. The first kappa shape index (κ1) is 14.2. The molecule has 1 amide bonds. The van der Waals surface area contributed by atoms with Gasteiger partial charge in [-0.05, 0) is 43.0 Å². The summed E-state index contributed by atoms with van der Waals surface area (Å²) in [5.41, 5.74) is 2.67. The first-order chi connectivity index (χ1) is 7.95. The molecule has 0 aliphatic carbocycles. The highest BCUT2D eigenvalue weighted by molar-refractivity contribution is 9.10. The Hall–Kier alpha value is -0.870. The van der Waals surface area contributed by atoms with E-state index in [9.17, 15) is 4.79 Å². The van der Waals surface area contributed by atoms with E-state index in [1.807, 2.05) is 32.9 Å². The van der Waals surface area contributed by atoms with Crippen LogP contribution in [-0.4, -0.2) is 24.2 Å². The Morgan fingerprint density at radius 1 is 1.41 bits per heavy atom. The lowest BCUT2D eigenvalue weighted by molar-refractivity contribution is 0.0941. The van der Waals surface area contributed by atoms with Crippen LogP contribution in [0.4, 0.5) is 0 Å². The molecule has 1 atom stereocenters. The number of aliphatic hydroxyl groups is 1. The molecule has 94 valence electrons. The van der Waals surface area contributed by atoms with Crippen LogP contribution in [0.15, 0.2) is 16.6 Å². The summed E-state index contributed by atoms with van der Waals surface area (Å²) < 4.78 is 1.01. The highest BCUT2D eigenvalue weighted by Gasteiger charge is 2.11. The summed E-state index contributed by atoms with van der Waals surface area (Å²) in [6.07, 6.45) is 0. The van der Waals surface area contributed by atoms with Crippen molar-refractivity contribution in [1.29, 1.82) is 0 Å². The maximum Gasteiger partial charge on any atom is 0.251 e. The van der Waals surface area contributed by atoms with Crippen LogP contribution >= 0.6 is 15.9 Å². The van der Waals surface area contributed by atoms with Gasteiger partial charge in [0.25, 0.3) is 5.91 Å². The van der Waals surface area contributed by atoms with Gasteiger partial charge in [-0.25, -0.2) is 0 Å². The van der Waals surface area contributed by atoms with Gasteiger partial charge in [0, 0.05) is 23.2 Å². The van der Waals surface area contributed by atoms with Crippen molar-refractivity contribution in [1.82, 2.24) is 5.32 Å². The third kappa shape index (κ3) is 3.82. The first-order valence-corrected chi connectivity index (χ1v) is 6.40. The number of amides is 1. The fraction of sp³-hybridized carbons (Fsp3) is 0.462. The Morgan fingerprint density at radius 2 is 2.06 bits per heavy atom. The standard InChI is InChI=1S/C13H18BrNO2/c1-8(7-16)6-15-13(17)11-4-10(3)12(14)5-9(11)2/h4-5,8,16H,6-7H2,1-3H3,(H,15,17)/t8-/m0/s1. The number of nitrogens with one attached hydrogen (secondary N) is 1. The van der Waals surface area contributed by atoms with E-state index in [0.29, 0.717) is 12.1 Å². The van der Waals surface area contributed by atoms with Crippen molar-refractivity contribution >= 4 is 21.8 Å². The van der Waals surface area contributed by atoms with E-state index in [2.05, 4.69) is 21.2 Å². The lowest BCUT2D eigenvalue weighted by atomic mass is 10.0. The van der Waals surface area contributed by atoms with E-state index < -0.39 is 0 Å². The Kier molecular flexibility index (Phi) is 5.15. The van der Waals surface area contributed by atoms with E-state index in [0.717, 1.165) is 15.6 Å². The molecule has 1 aromatic rings. The molecule has 0 heterocycles. The van der Waals surface area contributed by atoms with Gasteiger partial charge < -0.3 is 10.4 Å². The van der Waals surface area contributed by atoms with Crippen molar-refractivity contribution in [3.63, 3.8) is 0 Å². The van der Waals surface area contributed by atoms with Gasteiger partial charge in [0.2, 0.25) is 0 Å². The van der Waals surface area contributed by atoms with Gasteiger partial charge in [-0.2, -0.15) is 0 Å². The molecule has 0 saturated carbocycles. The van der Waals surface area contributed by atoms with Crippen molar-refractivity contribution in [3.05, 3.63) is 33.3 Å². The lowest BCUT2D eigenvalue weighted by Gasteiger charge is -2.12. The molecule has 1 aromatic carbocycles. The number of rotatable bonds is 4. The van der Waals surface area contributed by atoms with Crippen molar-refractivity contribution in [2.75, 3.05) is 13.2 Å². The molecule has 0 aromatic heterocycles. The van der Waals surface area contributed by atoms with Crippen molar-refractivity contribution in [3.8, 4) is 0 Å². The normalized spacial score (nSPS) is 12.3. The predicted molar refractivity (Wildman–Crippen MR) is 72.2 cm³/mol. The summed E-state index contributed by atoms with van der Waals surface area (Å²) in [4.78, 5) is 11.9. The van der Waals surface area contributed by atoms with Crippen molar-refractivity contribution in [2.45, 2.75) is 20.8 Å². The second-order valence-electron chi connectivity index (χ2n) is 4.41. The highest BCUT2D eigenvalue weighted by atomic mass is 79.9. The number of benzene rings is 1.